The van der Waals surface area contributed by atoms with Gasteiger partial charge in [0.25, 0.3) is 0 Å². The fourth-order valence-corrected chi connectivity index (χ4v) is 2.63. The van der Waals surface area contributed by atoms with Crippen molar-refractivity contribution in [3.05, 3.63) is 29.8 Å². The van der Waals surface area contributed by atoms with Gasteiger partial charge in [0.1, 0.15) is 18.1 Å². The maximum Gasteiger partial charge on any atom is 0.320 e. The predicted molar refractivity (Wildman–Crippen MR) is 117 cm³/mol. The molecule has 0 spiro atoms. The van der Waals surface area contributed by atoms with Crippen LogP contribution in [-0.4, -0.2) is 42.6 Å². The number of hydrogen-bond donors (Lipinski definition) is 4. The second kappa shape index (κ2) is 18.1. The van der Waals surface area contributed by atoms with Crippen molar-refractivity contribution in [2.45, 2.75) is 76.8 Å². The van der Waals surface area contributed by atoms with Crippen LogP contribution in [0.1, 0.15) is 75.1 Å². The van der Waals surface area contributed by atoms with E-state index < -0.39 is 12.0 Å². The fourth-order valence-electron chi connectivity index (χ4n) is 2.63. The van der Waals surface area contributed by atoms with Gasteiger partial charge in [-0.1, -0.05) is 32.6 Å². The fraction of sp³-hybridized carbons (Fsp3) is 0.636. The molecule has 29 heavy (non-hydrogen) atoms. The Bertz CT molecular complexity index is 531. The van der Waals surface area contributed by atoms with Gasteiger partial charge >= 0.3 is 5.97 Å². The van der Waals surface area contributed by atoms with Crippen LogP contribution in [0.2, 0.25) is 0 Å². The van der Waals surface area contributed by atoms with Gasteiger partial charge in [0.05, 0.1) is 6.61 Å². The zero-order chi connectivity index (χ0) is 21.9. The van der Waals surface area contributed by atoms with Crippen molar-refractivity contribution in [1.29, 1.82) is 0 Å². The number of unbranched alkanes of at least 4 members (excludes halogenated alkanes) is 1. The van der Waals surface area contributed by atoms with E-state index in [1.165, 1.54) is 32.1 Å². The molecule has 0 radical (unpaired) electrons. The third-order valence-corrected chi connectivity index (χ3v) is 4.43. The summed E-state index contributed by atoms with van der Waals surface area (Å²) in [7, 11) is 0. The minimum atomic E-state index is -0.933. The van der Waals surface area contributed by atoms with Crippen LogP contribution in [0, 0.1) is 0 Å². The molecule has 0 aromatic heterocycles. The molecule has 7 heteroatoms. The molecule has 166 valence electrons. The summed E-state index contributed by atoms with van der Waals surface area (Å²) < 4.78 is 5.34. The van der Waals surface area contributed by atoms with E-state index >= 15 is 0 Å². The highest BCUT2D eigenvalue weighted by atomic mass is 16.5. The van der Waals surface area contributed by atoms with E-state index in [1.807, 2.05) is 0 Å². The first kappa shape index (κ1) is 27.0. The molecule has 0 saturated heterocycles. The molecule has 0 heterocycles. The molecule has 1 aromatic rings. The zero-order valence-electron chi connectivity index (χ0n) is 17.7. The lowest BCUT2D eigenvalue weighted by molar-refractivity contribution is -0.138. The molecule has 7 nitrogen and oxygen atoms in total. The number of aldehydes is 1. The molecule has 1 aliphatic carbocycles. The van der Waals surface area contributed by atoms with Crippen molar-refractivity contribution in [3.63, 3.8) is 0 Å². The highest BCUT2D eigenvalue weighted by molar-refractivity contribution is 5.74. The van der Waals surface area contributed by atoms with Gasteiger partial charge in [-0.2, -0.15) is 0 Å². The number of carboxylic acid groups (broad SMARTS) is 1. The first-order valence-corrected chi connectivity index (χ1v) is 10.6. The van der Waals surface area contributed by atoms with E-state index in [1.54, 1.807) is 24.3 Å². The van der Waals surface area contributed by atoms with Crippen LogP contribution < -0.4 is 21.9 Å². The zero-order valence-corrected chi connectivity index (χ0v) is 17.7. The number of ether oxygens (including phenoxy) is 1. The smallest absolute Gasteiger partial charge is 0.320 e. The number of carbonyl (C=O) groups excluding carboxylic acids is 1. The van der Waals surface area contributed by atoms with Crippen molar-refractivity contribution in [3.8, 4) is 5.75 Å². The van der Waals surface area contributed by atoms with Gasteiger partial charge in [0.15, 0.2) is 0 Å². The topological polar surface area (TPSA) is 142 Å². The van der Waals surface area contributed by atoms with Crippen molar-refractivity contribution in [2.75, 3.05) is 13.2 Å². The monoisotopic (exact) mass is 409 g/mol. The Morgan fingerprint density at radius 2 is 1.83 bits per heavy atom. The van der Waals surface area contributed by atoms with Crippen LogP contribution in [0.15, 0.2) is 24.3 Å². The van der Waals surface area contributed by atoms with E-state index in [2.05, 4.69) is 6.92 Å². The van der Waals surface area contributed by atoms with Gasteiger partial charge in [0, 0.05) is 11.6 Å². The summed E-state index contributed by atoms with van der Waals surface area (Å²) in [6.45, 7) is 3.38. The standard InChI is InChI=1S/C10H12O2.C6H14N2O2.C6H13N/c1-2-7-12-10-5-3-9(8-11)4-6-10;7-4-2-1-3-5(8)6(9)10;7-6-4-2-1-3-5-6/h3-6,8H,2,7H2,1H3;5H,1-4,7-8H2,(H,9,10);6H,1-5,7H2/t;5-;/m.0./s1. The molecule has 0 aliphatic heterocycles. The SMILES string of the molecule is CCCOc1ccc(C=O)cc1.NC1CCCCC1.NCCCC[C@H](N)C(=O)O. The molecule has 1 saturated carbocycles. The molecule has 1 fully saturated rings. The molecule has 0 amide bonds. The van der Waals surface area contributed by atoms with Crippen LogP contribution in [0.4, 0.5) is 0 Å². The second-order valence-electron chi connectivity index (χ2n) is 7.16. The summed E-state index contributed by atoms with van der Waals surface area (Å²) in [5.74, 6) is -0.112. The van der Waals surface area contributed by atoms with E-state index in [9.17, 15) is 9.59 Å². The number of hydrogen-bond acceptors (Lipinski definition) is 6. The maximum absolute atomic E-state index is 10.3. The lowest BCUT2D eigenvalue weighted by atomic mass is 9.97. The van der Waals surface area contributed by atoms with Crippen LogP contribution in [-0.2, 0) is 4.79 Å². The van der Waals surface area contributed by atoms with Crippen LogP contribution in [0.3, 0.4) is 0 Å². The van der Waals surface area contributed by atoms with Crippen LogP contribution >= 0.6 is 0 Å². The van der Waals surface area contributed by atoms with E-state index in [-0.39, 0.29) is 0 Å². The summed E-state index contributed by atoms with van der Waals surface area (Å²) in [6.07, 6.45) is 10.6. The normalized spacial score (nSPS) is 14.5. The van der Waals surface area contributed by atoms with E-state index in [0.29, 0.717) is 24.6 Å². The Balaban J connectivity index is 0.000000419. The third-order valence-electron chi connectivity index (χ3n) is 4.43. The molecule has 1 aliphatic rings. The molecule has 0 unspecified atom stereocenters. The Morgan fingerprint density at radius 3 is 2.24 bits per heavy atom. The number of carbonyl (C=O) groups is 2. The third kappa shape index (κ3) is 15.6. The van der Waals surface area contributed by atoms with Gasteiger partial charge in [-0.05, 0) is 62.9 Å². The average molecular weight is 410 g/mol. The molecule has 1 atom stereocenters. The highest BCUT2D eigenvalue weighted by Crippen LogP contribution is 2.14. The number of rotatable bonds is 9. The summed E-state index contributed by atoms with van der Waals surface area (Å²) in [5.41, 5.74) is 16.7. The molecule has 2 rings (SSSR count). The Morgan fingerprint density at radius 1 is 1.21 bits per heavy atom. The van der Waals surface area contributed by atoms with E-state index in [0.717, 1.165) is 37.9 Å². The first-order chi connectivity index (χ1) is 13.9. The quantitative estimate of drug-likeness (QED) is 0.362. The minimum Gasteiger partial charge on any atom is -0.494 e. The Labute approximate surface area is 175 Å². The summed E-state index contributed by atoms with van der Waals surface area (Å²) in [6, 6.07) is 6.93. The van der Waals surface area contributed by atoms with Gasteiger partial charge in [0.2, 0.25) is 0 Å². The number of nitrogens with two attached hydrogens (primary N) is 3. The average Bonchev–Trinajstić information content (AvgIpc) is 2.74. The van der Waals surface area contributed by atoms with Gasteiger partial charge < -0.3 is 27.0 Å². The van der Waals surface area contributed by atoms with Crippen molar-refractivity contribution < 1.29 is 19.4 Å². The van der Waals surface area contributed by atoms with Gasteiger partial charge in [-0.15, -0.1) is 0 Å². The largest absolute Gasteiger partial charge is 0.494 e. The minimum absolute atomic E-state index is 0.520. The molecule has 0 bridgehead atoms. The molecular formula is C22H39N3O4. The number of aliphatic carboxylic acids is 1. The van der Waals surface area contributed by atoms with Crippen molar-refractivity contribution in [1.82, 2.24) is 0 Å². The van der Waals surface area contributed by atoms with Crippen molar-refractivity contribution in [2.24, 2.45) is 17.2 Å². The van der Waals surface area contributed by atoms with Crippen LogP contribution in [0.5, 0.6) is 5.75 Å². The Kier molecular flexibility index (Phi) is 16.9. The summed E-state index contributed by atoms with van der Waals surface area (Å²) in [5, 5.41) is 8.33. The highest BCUT2D eigenvalue weighted by Gasteiger charge is 2.09. The Hall–Kier alpha value is -1.96. The van der Waals surface area contributed by atoms with E-state index in [4.69, 9.17) is 27.0 Å². The lowest BCUT2D eigenvalue weighted by Gasteiger charge is -2.15. The molecule has 1 aromatic carbocycles. The first-order valence-electron chi connectivity index (χ1n) is 10.6. The van der Waals surface area contributed by atoms with Crippen molar-refractivity contribution >= 4 is 12.3 Å². The summed E-state index contributed by atoms with van der Waals surface area (Å²) in [4.78, 5) is 20.4. The maximum atomic E-state index is 10.3. The molecular weight excluding hydrogens is 370 g/mol. The van der Waals surface area contributed by atoms with Gasteiger partial charge in [-0.25, -0.2) is 0 Å². The van der Waals surface area contributed by atoms with Crippen LogP contribution in [0.25, 0.3) is 0 Å². The predicted octanol–water partition coefficient (Wildman–Crippen LogP) is 3.09. The second-order valence-corrected chi connectivity index (χ2v) is 7.16. The molecule has 7 N–H and O–H groups in total. The summed E-state index contributed by atoms with van der Waals surface area (Å²) >= 11 is 0. The number of carboxylic acids is 1. The number of benzene rings is 1. The van der Waals surface area contributed by atoms with Gasteiger partial charge in [-0.3, -0.25) is 9.59 Å². The lowest BCUT2D eigenvalue weighted by Crippen LogP contribution is -2.29.